The van der Waals surface area contributed by atoms with Crippen LogP contribution in [-0.2, 0) is 6.61 Å². The summed E-state index contributed by atoms with van der Waals surface area (Å²) in [5.41, 5.74) is 2.29. The van der Waals surface area contributed by atoms with Crippen molar-refractivity contribution in [1.29, 1.82) is 0 Å². The maximum Gasteiger partial charge on any atom is 0.0681 e. The zero-order valence-corrected chi connectivity index (χ0v) is 10.0. The Balaban J connectivity index is 1.97. The molecule has 1 aliphatic rings. The van der Waals surface area contributed by atoms with E-state index in [9.17, 15) is 0 Å². The fourth-order valence-corrected chi connectivity index (χ4v) is 2.41. The van der Waals surface area contributed by atoms with Gasteiger partial charge in [0.2, 0.25) is 0 Å². The van der Waals surface area contributed by atoms with Crippen molar-refractivity contribution in [3.8, 4) is 0 Å². The topological polar surface area (TPSA) is 23.5 Å². The molecule has 0 aromatic heterocycles. The third-order valence-corrected chi connectivity index (χ3v) is 3.68. The zero-order chi connectivity index (χ0) is 11.4. The van der Waals surface area contributed by atoms with E-state index in [1.165, 1.54) is 38.0 Å². The van der Waals surface area contributed by atoms with Gasteiger partial charge in [-0.15, -0.1) is 0 Å². The maximum absolute atomic E-state index is 8.99. The minimum atomic E-state index is 0.137. The van der Waals surface area contributed by atoms with Crippen LogP contribution in [0.5, 0.6) is 0 Å². The molecule has 1 saturated heterocycles. The number of nitrogens with zero attached hydrogens (tertiary/aromatic N) is 1. The second-order valence-electron chi connectivity index (χ2n) is 4.66. The number of rotatable bonds is 3. The van der Waals surface area contributed by atoms with E-state index >= 15 is 0 Å². The number of aliphatic hydroxyl groups is 1. The van der Waals surface area contributed by atoms with Crippen LogP contribution in [0, 0.1) is 5.92 Å². The van der Waals surface area contributed by atoms with E-state index in [-0.39, 0.29) is 6.61 Å². The van der Waals surface area contributed by atoms with Crippen molar-refractivity contribution in [1.82, 2.24) is 0 Å². The summed E-state index contributed by atoms with van der Waals surface area (Å²) in [6.45, 7) is 4.78. The van der Waals surface area contributed by atoms with Gasteiger partial charge in [-0.2, -0.15) is 0 Å². The Morgan fingerprint density at radius 1 is 1.19 bits per heavy atom. The number of piperidine rings is 1. The highest BCUT2D eigenvalue weighted by Gasteiger charge is 2.17. The summed E-state index contributed by atoms with van der Waals surface area (Å²) in [5, 5.41) is 8.99. The average Bonchev–Trinajstić information content (AvgIpc) is 2.39. The van der Waals surface area contributed by atoms with Gasteiger partial charge in [0.1, 0.15) is 0 Å². The van der Waals surface area contributed by atoms with E-state index in [1.807, 2.05) is 12.1 Å². The lowest BCUT2D eigenvalue weighted by Crippen LogP contribution is -2.33. The van der Waals surface area contributed by atoms with Crippen molar-refractivity contribution in [2.45, 2.75) is 32.8 Å². The molecule has 1 N–H and O–H groups in total. The lowest BCUT2D eigenvalue weighted by molar-refractivity contribution is 0.282. The monoisotopic (exact) mass is 219 g/mol. The first kappa shape index (κ1) is 11.5. The molecule has 2 rings (SSSR count). The molecule has 0 amide bonds. The summed E-state index contributed by atoms with van der Waals surface area (Å²) in [4.78, 5) is 2.45. The molecule has 1 fully saturated rings. The minimum Gasteiger partial charge on any atom is -0.392 e. The van der Waals surface area contributed by atoms with Gasteiger partial charge in [-0.25, -0.2) is 0 Å². The van der Waals surface area contributed by atoms with Crippen LogP contribution in [0.3, 0.4) is 0 Å². The molecule has 88 valence electrons. The molecule has 0 aliphatic carbocycles. The molecule has 0 spiro atoms. The van der Waals surface area contributed by atoms with E-state index in [4.69, 9.17) is 5.11 Å². The van der Waals surface area contributed by atoms with Gasteiger partial charge in [0, 0.05) is 18.8 Å². The summed E-state index contributed by atoms with van der Waals surface area (Å²) in [6.07, 6.45) is 3.95. The standard InChI is InChI=1S/C14H21NO/c1-2-12-7-9-15(10-8-12)14-5-3-13(11-16)4-6-14/h3-6,12,16H,2,7-11H2,1H3. The summed E-state index contributed by atoms with van der Waals surface area (Å²) < 4.78 is 0. The van der Waals surface area contributed by atoms with E-state index in [0.29, 0.717) is 0 Å². The van der Waals surface area contributed by atoms with Crippen LogP contribution in [0.25, 0.3) is 0 Å². The highest BCUT2D eigenvalue weighted by molar-refractivity contribution is 5.47. The van der Waals surface area contributed by atoms with Crippen molar-refractivity contribution in [3.05, 3.63) is 29.8 Å². The third kappa shape index (κ3) is 2.56. The van der Waals surface area contributed by atoms with Gasteiger partial charge in [0.05, 0.1) is 6.61 Å². The molecular formula is C14H21NO. The fourth-order valence-electron chi connectivity index (χ4n) is 2.41. The first-order chi connectivity index (χ1) is 7.83. The molecule has 2 heteroatoms. The molecule has 0 atom stereocenters. The Labute approximate surface area is 97.9 Å². The smallest absolute Gasteiger partial charge is 0.0681 e. The Bertz CT molecular complexity index is 312. The number of aliphatic hydroxyl groups excluding tert-OH is 1. The van der Waals surface area contributed by atoms with Gasteiger partial charge in [-0.3, -0.25) is 0 Å². The molecule has 0 saturated carbocycles. The van der Waals surface area contributed by atoms with Gasteiger partial charge in [0.15, 0.2) is 0 Å². The average molecular weight is 219 g/mol. The summed E-state index contributed by atoms with van der Waals surface area (Å²) in [7, 11) is 0. The maximum atomic E-state index is 8.99. The predicted molar refractivity (Wildman–Crippen MR) is 67.6 cm³/mol. The van der Waals surface area contributed by atoms with Crippen LogP contribution in [0.4, 0.5) is 5.69 Å². The Hall–Kier alpha value is -1.02. The molecule has 1 aromatic rings. The largest absolute Gasteiger partial charge is 0.392 e. The molecule has 1 aromatic carbocycles. The van der Waals surface area contributed by atoms with Crippen molar-refractivity contribution >= 4 is 5.69 Å². The third-order valence-electron chi connectivity index (χ3n) is 3.68. The molecule has 1 heterocycles. The van der Waals surface area contributed by atoms with E-state index in [2.05, 4.69) is 24.0 Å². The minimum absolute atomic E-state index is 0.137. The zero-order valence-electron chi connectivity index (χ0n) is 10.0. The molecule has 0 radical (unpaired) electrons. The number of benzene rings is 1. The van der Waals surface area contributed by atoms with Gasteiger partial charge in [-0.05, 0) is 36.5 Å². The van der Waals surface area contributed by atoms with Crippen LogP contribution < -0.4 is 4.90 Å². The first-order valence-electron chi connectivity index (χ1n) is 6.28. The summed E-state index contributed by atoms with van der Waals surface area (Å²) in [6, 6.07) is 8.28. The second kappa shape index (κ2) is 5.35. The Kier molecular flexibility index (Phi) is 3.83. The van der Waals surface area contributed by atoms with E-state index in [1.54, 1.807) is 0 Å². The van der Waals surface area contributed by atoms with Crippen LogP contribution in [0.1, 0.15) is 31.7 Å². The van der Waals surface area contributed by atoms with Crippen LogP contribution in [0.2, 0.25) is 0 Å². The summed E-state index contributed by atoms with van der Waals surface area (Å²) >= 11 is 0. The fraction of sp³-hybridized carbons (Fsp3) is 0.571. The van der Waals surface area contributed by atoms with Gasteiger partial charge >= 0.3 is 0 Å². The molecule has 0 unspecified atom stereocenters. The normalized spacial score (nSPS) is 17.8. The van der Waals surface area contributed by atoms with Crippen LogP contribution >= 0.6 is 0 Å². The molecule has 1 aliphatic heterocycles. The summed E-state index contributed by atoms with van der Waals surface area (Å²) in [5.74, 6) is 0.924. The van der Waals surface area contributed by atoms with Crippen molar-refractivity contribution < 1.29 is 5.11 Å². The lowest BCUT2D eigenvalue weighted by Gasteiger charge is -2.33. The SMILES string of the molecule is CCC1CCN(c2ccc(CO)cc2)CC1. The molecule has 2 nitrogen and oxygen atoms in total. The number of hydrogen-bond acceptors (Lipinski definition) is 2. The Morgan fingerprint density at radius 3 is 2.31 bits per heavy atom. The first-order valence-corrected chi connectivity index (χ1v) is 6.28. The highest BCUT2D eigenvalue weighted by atomic mass is 16.3. The molecule has 0 bridgehead atoms. The van der Waals surface area contributed by atoms with E-state index < -0.39 is 0 Å². The molecule has 16 heavy (non-hydrogen) atoms. The van der Waals surface area contributed by atoms with Crippen molar-refractivity contribution in [2.75, 3.05) is 18.0 Å². The van der Waals surface area contributed by atoms with Gasteiger partial charge in [0.25, 0.3) is 0 Å². The van der Waals surface area contributed by atoms with Crippen molar-refractivity contribution in [3.63, 3.8) is 0 Å². The Morgan fingerprint density at radius 2 is 1.81 bits per heavy atom. The van der Waals surface area contributed by atoms with Crippen molar-refractivity contribution in [2.24, 2.45) is 5.92 Å². The predicted octanol–water partition coefficient (Wildman–Crippen LogP) is 2.81. The quantitative estimate of drug-likeness (QED) is 0.845. The second-order valence-corrected chi connectivity index (χ2v) is 4.66. The lowest BCUT2D eigenvalue weighted by atomic mass is 9.94. The number of hydrogen-bond donors (Lipinski definition) is 1. The van der Waals surface area contributed by atoms with E-state index in [0.717, 1.165) is 11.5 Å². The van der Waals surface area contributed by atoms with Gasteiger partial charge in [-0.1, -0.05) is 25.5 Å². The number of anilines is 1. The van der Waals surface area contributed by atoms with Crippen LogP contribution in [0.15, 0.2) is 24.3 Å². The highest BCUT2D eigenvalue weighted by Crippen LogP contribution is 2.25. The van der Waals surface area contributed by atoms with Crippen LogP contribution in [-0.4, -0.2) is 18.2 Å². The molecular weight excluding hydrogens is 198 g/mol. The van der Waals surface area contributed by atoms with Gasteiger partial charge < -0.3 is 10.0 Å².